The third kappa shape index (κ3) is 3.90. The van der Waals surface area contributed by atoms with Crippen LogP contribution in [0.2, 0.25) is 0 Å². The fourth-order valence-corrected chi connectivity index (χ4v) is 4.97. The predicted octanol–water partition coefficient (Wildman–Crippen LogP) is 7.12. The van der Waals surface area contributed by atoms with Crippen LogP contribution in [0.3, 0.4) is 0 Å². The first-order chi connectivity index (χ1) is 14.1. The maximum Gasteiger partial charge on any atom is 0.127 e. The molecular weight excluding hydrogens is 381 g/mol. The Hall–Kier alpha value is -2.72. The summed E-state index contributed by atoms with van der Waals surface area (Å²) in [7, 11) is 0. The summed E-state index contributed by atoms with van der Waals surface area (Å²) < 4.78 is 20.5. The van der Waals surface area contributed by atoms with Crippen LogP contribution in [0, 0.1) is 5.82 Å². The van der Waals surface area contributed by atoms with Gasteiger partial charge in [-0.15, -0.1) is 11.3 Å². The molecule has 0 aliphatic rings. The van der Waals surface area contributed by atoms with Crippen molar-refractivity contribution in [1.29, 1.82) is 0 Å². The van der Waals surface area contributed by atoms with Crippen LogP contribution in [-0.4, -0.2) is 4.98 Å². The third-order valence-electron chi connectivity index (χ3n) is 5.69. The summed E-state index contributed by atoms with van der Waals surface area (Å²) in [5, 5.41) is 5.37. The molecule has 0 saturated carbocycles. The first kappa shape index (κ1) is 19.6. The van der Waals surface area contributed by atoms with Crippen LogP contribution in [-0.2, 0) is 12.0 Å². The normalized spacial score (nSPS) is 11.7. The van der Waals surface area contributed by atoms with Crippen molar-refractivity contribution in [1.82, 2.24) is 4.98 Å². The molecular formula is C25H24FNOS. The van der Waals surface area contributed by atoms with Crippen molar-refractivity contribution in [2.75, 3.05) is 0 Å². The van der Waals surface area contributed by atoms with Crippen LogP contribution in [0.25, 0.3) is 10.8 Å². The lowest BCUT2D eigenvalue weighted by Crippen LogP contribution is -2.26. The number of ether oxygens (including phenoxy) is 1. The van der Waals surface area contributed by atoms with Gasteiger partial charge in [-0.2, -0.15) is 0 Å². The van der Waals surface area contributed by atoms with Crippen LogP contribution in [0.1, 0.15) is 42.8 Å². The average molecular weight is 406 g/mol. The number of benzene rings is 3. The number of hydrogen-bond donors (Lipinski definition) is 0. The molecule has 0 aliphatic heterocycles. The lowest BCUT2D eigenvalue weighted by molar-refractivity contribution is 0.303. The highest BCUT2D eigenvalue weighted by molar-refractivity contribution is 7.09. The van der Waals surface area contributed by atoms with Crippen LogP contribution in [0.5, 0.6) is 5.75 Å². The molecule has 0 unspecified atom stereocenters. The quantitative estimate of drug-likeness (QED) is 0.326. The smallest absolute Gasteiger partial charge is 0.127 e. The minimum atomic E-state index is -0.294. The Labute approximate surface area is 175 Å². The van der Waals surface area contributed by atoms with Gasteiger partial charge in [-0.3, -0.25) is 0 Å². The van der Waals surface area contributed by atoms with Crippen molar-refractivity contribution in [3.05, 3.63) is 94.2 Å². The molecule has 0 radical (unpaired) electrons. The van der Waals surface area contributed by atoms with Crippen molar-refractivity contribution >= 4 is 22.1 Å². The van der Waals surface area contributed by atoms with E-state index >= 15 is 0 Å². The standard InChI is InChI=1S/C25H24FNOS/c1-3-25(4-2,24-27-11-12-29-24)21-14-22(26)16-23(15-21)28-17-18-9-10-19-7-5-6-8-20(19)13-18/h5-16H,3-4,17H2,1-2H3. The predicted molar refractivity (Wildman–Crippen MR) is 118 cm³/mol. The second kappa shape index (κ2) is 8.34. The number of aromatic nitrogens is 1. The van der Waals surface area contributed by atoms with Gasteiger partial charge in [0.05, 0.1) is 0 Å². The van der Waals surface area contributed by atoms with Crippen molar-refractivity contribution < 1.29 is 9.13 Å². The minimum Gasteiger partial charge on any atom is -0.489 e. The molecule has 4 aromatic rings. The molecule has 0 N–H and O–H groups in total. The topological polar surface area (TPSA) is 22.1 Å². The van der Waals surface area contributed by atoms with Crippen molar-refractivity contribution in [3.63, 3.8) is 0 Å². The van der Waals surface area contributed by atoms with Gasteiger partial charge in [0.25, 0.3) is 0 Å². The van der Waals surface area contributed by atoms with Gasteiger partial charge < -0.3 is 4.74 Å². The van der Waals surface area contributed by atoms with E-state index in [1.54, 1.807) is 17.4 Å². The molecule has 29 heavy (non-hydrogen) atoms. The summed E-state index contributed by atoms with van der Waals surface area (Å²) >= 11 is 1.62. The maximum absolute atomic E-state index is 14.5. The fraction of sp³-hybridized carbons (Fsp3) is 0.240. The molecule has 4 rings (SSSR count). The molecule has 0 aliphatic carbocycles. The molecule has 4 heteroatoms. The first-order valence-corrected chi connectivity index (χ1v) is 10.8. The number of thiazole rings is 1. The SMILES string of the molecule is CCC(CC)(c1cc(F)cc(OCc2ccc3ccccc3c2)c1)c1nccs1. The Bertz CT molecular complexity index is 1100. The largest absolute Gasteiger partial charge is 0.489 e. The second-order valence-electron chi connectivity index (χ2n) is 7.27. The number of hydrogen-bond acceptors (Lipinski definition) is 3. The highest BCUT2D eigenvalue weighted by Crippen LogP contribution is 2.41. The van der Waals surface area contributed by atoms with Gasteiger partial charge in [0, 0.05) is 23.1 Å². The number of nitrogens with zero attached hydrogens (tertiary/aromatic N) is 1. The van der Waals surface area contributed by atoms with E-state index in [-0.39, 0.29) is 11.2 Å². The van der Waals surface area contributed by atoms with E-state index in [1.807, 2.05) is 29.8 Å². The van der Waals surface area contributed by atoms with E-state index in [2.05, 4.69) is 49.2 Å². The van der Waals surface area contributed by atoms with E-state index in [0.717, 1.165) is 29.0 Å². The summed E-state index contributed by atoms with van der Waals surface area (Å²) in [6, 6.07) is 19.6. The molecule has 0 fully saturated rings. The summed E-state index contributed by atoms with van der Waals surface area (Å²) in [6.45, 7) is 4.66. The van der Waals surface area contributed by atoms with E-state index in [9.17, 15) is 4.39 Å². The highest BCUT2D eigenvalue weighted by Gasteiger charge is 2.34. The molecule has 2 nitrogen and oxygen atoms in total. The maximum atomic E-state index is 14.5. The Morgan fingerprint density at radius 2 is 1.76 bits per heavy atom. The Morgan fingerprint density at radius 3 is 2.48 bits per heavy atom. The minimum absolute atomic E-state index is 0.279. The summed E-state index contributed by atoms with van der Waals surface area (Å²) in [6.07, 6.45) is 3.52. The van der Waals surface area contributed by atoms with E-state index in [1.165, 1.54) is 16.8 Å². The van der Waals surface area contributed by atoms with E-state index in [4.69, 9.17) is 4.74 Å². The van der Waals surface area contributed by atoms with Crippen LogP contribution >= 0.6 is 11.3 Å². The molecule has 0 atom stereocenters. The third-order valence-corrected chi connectivity index (χ3v) is 6.67. The molecule has 1 aromatic heterocycles. The molecule has 0 saturated heterocycles. The van der Waals surface area contributed by atoms with Gasteiger partial charge in [0.15, 0.2) is 0 Å². The zero-order valence-corrected chi connectivity index (χ0v) is 17.5. The lowest BCUT2D eigenvalue weighted by Gasteiger charge is -2.30. The molecule has 1 heterocycles. The number of halogens is 1. The average Bonchev–Trinajstić information content (AvgIpc) is 3.28. The van der Waals surface area contributed by atoms with E-state index in [0.29, 0.717) is 12.4 Å². The zero-order valence-electron chi connectivity index (χ0n) is 16.7. The van der Waals surface area contributed by atoms with Gasteiger partial charge in [0.2, 0.25) is 0 Å². The van der Waals surface area contributed by atoms with Gasteiger partial charge in [-0.05, 0) is 52.9 Å². The lowest BCUT2D eigenvalue weighted by atomic mass is 9.76. The molecule has 3 aromatic carbocycles. The van der Waals surface area contributed by atoms with Gasteiger partial charge in [-0.1, -0.05) is 50.2 Å². The van der Waals surface area contributed by atoms with Gasteiger partial charge in [0.1, 0.15) is 23.2 Å². The highest BCUT2D eigenvalue weighted by atomic mass is 32.1. The van der Waals surface area contributed by atoms with Crippen LogP contribution in [0.4, 0.5) is 4.39 Å². The fourth-order valence-electron chi connectivity index (χ4n) is 3.96. The molecule has 0 spiro atoms. The second-order valence-corrected chi connectivity index (χ2v) is 8.17. The van der Waals surface area contributed by atoms with Crippen molar-refractivity contribution in [2.24, 2.45) is 0 Å². The molecule has 0 amide bonds. The Balaban J connectivity index is 1.62. The Morgan fingerprint density at radius 1 is 0.966 bits per heavy atom. The summed E-state index contributed by atoms with van der Waals surface area (Å²) in [5.41, 5.74) is 1.69. The number of fused-ring (bicyclic) bond motifs is 1. The summed E-state index contributed by atoms with van der Waals surface area (Å²) in [5.74, 6) is 0.273. The molecule has 0 bridgehead atoms. The van der Waals surface area contributed by atoms with Crippen molar-refractivity contribution in [2.45, 2.75) is 38.7 Å². The first-order valence-electron chi connectivity index (χ1n) is 9.96. The van der Waals surface area contributed by atoms with Gasteiger partial charge >= 0.3 is 0 Å². The Kier molecular flexibility index (Phi) is 5.63. The van der Waals surface area contributed by atoms with E-state index < -0.39 is 0 Å². The monoisotopic (exact) mass is 405 g/mol. The van der Waals surface area contributed by atoms with Crippen LogP contribution in [0.15, 0.2) is 72.2 Å². The van der Waals surface area contributed by atoms with Crippen molar-refractivity contribution in [3.8, 4) is 5.75 Å². The van der Waals surface area contributed by atoms with Crippen LogP contribution < -0.4 is 4.74 Å². The molecule has 148 valence electrons. The number of rotatable bonds is 7. The zero-order chi connectivity index (χ0) is 20.3. The van der Waals surface area contributed by atoms with Gasteiger partial charge in [-0.25, -0.2) is 9.37 Å². The summed E-state index contributed by atoms with van der Waals surface area (Å²) in [4.78, 5) is 4.54.